The number of piperidine rings is 1. The zero-order valence-corrected chi connectivity index (χ0v) is 11.7. The van der Waals surface area contributed by atoms with Gasteiger partial charge in [-0.05, 0) is 37.9 Å². The molecule has 0 radical (unpaired) electrons. The Morgan fingerprint density at radius 3 is 2.75 bits per heavy atom. The van der Waals surface area contributed by atoms with E-state index in [0.29, 0.717) is 5.82 Å². The molecule has 0 atom stereocenters. The molecule has 0 amide bonds. The number of anilines is 1. The van der Waals surface area contributed by atoms with E-state index in [9.17, 15) is 5.11 Å². The van der Waals surface area contributed by atoms with Crippen LogP contribution < -0.4 is 5.73 Å². The lowest BCUT2D eigenvalue weighted by molar-refractivity contribution is 0.0814. The number of aliphatic hydroxyl groups is 1. The molecule has 2 aromatic rings. The van der Waals surface area contributed by atoms with Gasteiger partial charge in [0.15, 0.2) is 5.82 Å². The van der Waals surface area contributed by atoms with Crippen LogP contribution in [0, 0.1) is 0 Å². The van der Waals surface area contributed by atoms with Crippen LogP contribution in [0.3, 0.4) is 0 Å². The number of aromatic nitrogens is 2. The van der Waals surface area contributed by atoms with Crippen LogP contribution in [-0.4, -0.2) is 45.5 Å². The van der Waals surface area contributed by atoms with Crippen molar-refractivity contribution in [2.24, 2.45) is 0 Å². The summed E-state index contributed by atoms with van der Waals surface area (Å²) in [7, 11) is 0. The van der Waals surface area contributed by atoms with E-state index in [-0.39, 0.29) is 6.10 Å². The zero-order chi connectivity index (χ0) is 13.9. The minimum Gasteiger partial charge on any atom is -0.393 e. The summed E-state index contributed by atoms with van der Waals surface area (Å²) in [6.07, 6.45) is 2.76. The van der Waals surface area contributed by atoms with Gasteiger partial charge in [-0.1, -0.05) is 12.1 Å². The van der Waals surface area contributed by atoms with Gasteiger partial charge in [0.1, 0.15) is 0 Å². The van der Waals surface area contributed by atoms with E-state index in [0.717, 1.165) is 56.3 Å². The minimum atomic E-state index is -0.0962. The van der Waals surface area contributed by atoms with Gasteiger partial charge >= 0.3 is 0 Å². The van der Waals surface area contributed by atoms with Gasteiger partial charge < -0.3 is 15.7 Å². The number of hydrogen-bond donors (Lipinski definition) is 2. The van der Waals surface area contributed by atoms with Gasteiger partial charge in [-0.2, -0.15) is 5.10 Å². The smallest absolute Gasteiger partial charge is 0.153 e. The van der Waals surface area contributed by atoms with E-state index < -0.39 is 0 Å². The fraction of sp³-hybridized carbons (Fsp3) is 0.533. The van der Waals surface area contributed by atoms with Gasteiger partial charge in [0.05, 0.1) is 11.6 Å². The molecule has 0 aliphatic carbocycles. The number of para-hydroxylation sites is 1. The van der Waals surface area contributed by atoms with Crippen molar-refractivity contribution < 1.29 is 5.11 Å². The van der Waals surface area contributed by atoms with Gasteiger partial charge in [0.2, 0.25) is 0 Å². The average Bonchev–Trinajstić information content (AvgIpc) is 2.79. The highest BCUT2D eigenvalue weighted by Crippen LogP contribution is 2.20. The Labute approximate surface area is 119 Å². The molecule has 0 saturated carbocycles. The first-order chi connectivity index (χ1) is 9.74. The van der Waals surface area contributed by atoms with Crippen molar-refractivity contribution in [2.45, 2.75) is 31.9 Å². The summed E-state index contributed by atoms with van der Waals surface area (Å²) in [5.74, 6) is 0.613. The number of benzene rings is 1. The lowest BCUT2D eigenvalue weighted by Gasteiger charge is -2.29. The quantitative estimate of drug-likeness (QED) is 0.886. The SMILES string of the molecule is Nc1nn(CCCN2CCC(O)CC2)c2ccccc12. The number of hydrogen-bond acceptors (Lipinski definition) is 4. The van der Waals surface area contributed by atoms with Crippen molar-refractivity contribution in [3.63, 3.8) is 0 Å². The van der Waals surface area contributed by atoms with Crippen LogP contribution in [0.5, 0.6) is 0 Å². The van der Waals surface area contributed by atoms with Crippen LogP contribution in [0.2, 0.25) is 0 Å². The second kappa shape index (κ2) is 5.81. The highest BCUT2D eigenvalue weighted by Gasteiger charge is 2.16. The van der Waals surface area contributed by atoms with Crippen LogP contribution in [0.1, 0.15) is 19.3 Å². The van der Waals surface area contributed by atoms with Crippen molar-refractivity contribution >= 4 is 16.7 Å². The molecule has 1 saturated heterocycles. The van der Waals surface area contributed by atoms with Crippen molar-refractivity contribution in [3.05, 3.63) is 24.3 Å². The van der Waals surface area contributed by atoms with Gasteiger partial charge in [0.25, 0.3) is 0 Å². The number of nitrogens with two attached hydrogens (primary N) is 1. The van der Waals surface area contributed by atoms with Gasteiger partial charge in [-0.25, -0.2) is 0 Å². The summed E-state index contributed by atoms with van der Waals surface area (Å²) in [6, 6.07) is 8.09. The largest absolute Gasteiger partial charge is 0.393 e. The lowest BCUT2D eigenvalue weighted by Crippen LogP contribution is -2.36. The molecule has 2 heterocycles. The fourth-order valence-electron chi connectivity index (χ4n) is 2.91. The molecular weight excluding hydrogens is 252 g/mol. The number of likely N-dealkylation sites (tertiary alicyclic amines) is 1. The van der Waals surface area contributed by atoms with Crippen molar-refractivity contribution in [3.8, 4) is 0 Å². The first-order valence-corrected chi connectivity index (χ1v) is 7.35. The molecule has 1 aromatic heterocycles. The summed E-state index contributed by atoms with van der Waals surface area (Å²) >= 11 is 0. The van der Waals surface area contributed by atoms with Crippen molar-refractivity contribution in [2.75, 3.05) is 25.4 Å². The highest BCUT2D eigenvalue weighted by atomic mass is 16.3. The molecule has 0 bridgehead atoms. The summed E-state index contributed by atoms with van der Waals surface area (Å²) in [5.41, 5.74) is 7.05. The molecule has 3 rings (SSSR count). The van der Waals surface area contributed by atoms with Gasteiger partial charge in [0, 0.05) is 25.0 Å². The molecule has 0 unspecified atom stereocenters. The number of aliphatic hydroxyl groups excluding tert-OH is 1. The third kappa shape index (κ3) is 2.78. The van der Waals surface area contributed by atoms with E-state index >= 15 is 0 Å². The summed E-state index contributed by atoms with van der Waals surface area (Å²) in [5, 5.41) is 15.0. The van der Waals surface area contributed by atoms with Crippen molar-refractivity contribution in [1.82, 2.24) is 14.7 Å². The molecular formula is C15H22N4O. The second-order valence-corrected chi connectivity index (χ2v) is 5.55. The van der Waals surface area contributed by atoms with Crippen LogP contribution in [0.15, 0.2) is 24.3 Å². The fourth-order valence-corrected chi connectivity index (χ4v) is 2.91. The summed E-state index contributed by atoms with van der Waals surface area (Å²) in [4.78, 5) is 2.42. The van der Waals surface area contributed by atoms with Crippen LogP contribution in [0.4, 0.5) is 5.82 Å². The third-order valence-electron chi connectivity index (χ3n) is 4.09. The Kier molecular flexibility index (Phi) is 3.89. The van der Waals surface area contributed by atoms with E-state index in [1.54, 1.807) is 0 Å². The molecule has 20 heavy (non-hydrogen) atoms. The van der Waals surface area contributed by atoms with Crippen LogP contribution in [0.25, 0.3) is 10.9 Å². The minimum absolute atomic E-state index is 0.0962. The topological polar surface area (TPSA) is 67.3 Å². The molecule has 1 aliphatic heterocycles. The Morgan fingerprint density at radius 2 is 1.95 bits per heavy atom. The second-order valence-electron chi connectivity index (χ2n) is 5.55. The number of nitrogens with zero attached hydrogens (tertiary/aromatic N) is 3. The Hall–Kier alpha value is -1.59. The molecule has 5 heteroatoms. The predicted molar refractivity (Wildman–Crippen MR) is 80.4 cm³/mol. The average molecular weight is 274 g/mol. The van der Waals surface area contributed by atoms with Crippen molar-refractivity contribution in [1.29, 1.82) is 0 Å². The van der Waals surface area contributed by atoms with Gasteiger partial charge in [-0.15, -0.1) is 0 Å². The normalized spacial score (nSPS) is 17.9. The summed E-state index contributed by atoms with van der Waals surface area (Å²) < 4.78 is 2.00. The maximum Gasteiger partial charge on any atom is 0.153 e. The van der Waals surface area contributed by atoms with Gasteiger partial charge in [-0.3, -0.25) is 4.68 Å². The first kappa shape index (κ1) is 13.4. The molecule has 1 aliphatic rings. The van der Waals surface area contributed by atoms with Crippen LogP contribution >= 0.6 is 0 Å². The molecule has 5 nitrogen and oxygen atoms in total. The van der Waals surface area contributed by atoms with E-state index in [1.807, 2.05) is 22.9 Å². The predicted octanol–water partition coefficient (Wildman–Crippen LogP) is 1.47. The number of fused-ring (bicyclic) bond motifs is 1. The Balaban J connectivity index is 1.57. The molecule has 1 aromatic carbocycles. The third-order valence-corrected chi connectivity index (χ3v) is 4.09. The first-order valence-electron chi connectivity index (χ1n) is 7.35. The Morgan fingerprint density at radius 1 is 1.20 bits per heavy atom. The summed E-state index contributed by atoms with van der Waals surface area (Å²) in [6.45, 7) is 3.95. The number of aryl methyl sites for hydroxylation is 1. The maximum absolute atomic E-state index is 9.50. The van der Waals surface area contributed by atoms with E-state index in [1.165, 1.54) is 0 Å². The lowest BCUT2D eigenvalue weighted by atomic mass is 10.1. The van der Waals surface area contributed by atoms with Crippen LogP contribution in [-0.2, 0) is 6.54 Å². The molecule has 3 N–H and O–H groups in total. The maximum atomic E-state index is 9.50. The molecule has 108 valence electrons. The monoisotopic (exact) mass is 274 g/mol. The molecule has 0 spiro atoms. The Bertz CT molecular complexity index is 572. The van der Waals surface area contributed by atoms with E-state index in [4.69, 9.17) is 5.73 Å². The zero-order valence-electron chi connectivity index (χ0n) is 11.7. The molecule has 1 fully saturated rings. The highest BCUT2D eigenvalue weighted by molar-refractivity contribution is 5.88. The number of rotatable bonds is 4. The number of nitrogen functional groups attached to an aromatic ring is 1. The standard InChI is InChI=1S/C15H22N4O/c16-15-13-4-1-2-5-14(13)19(17-15)9-3-8-18-10-6-12(20)7-11-18/h1-2,4-5,12,20H,3,6-11H2,(H2,16,17). The van der Waals surface area contributed by atoms with E-state index in [2.05, 4.69) is 16.1 Å².